The van der Waals surface area contributed by atoms with Gasteiger partial charge in [0.05, 0.1) is 18.4 Å². The summed E-state index contributed by atoms with van der Waals surface area (Å²) in [4.78, 5) is 23.9. The van der Waals surface area contributed by atoms with Gasteiger partial charge < -0.3 is 9.47 Å². The van der Waals surface area contributed by atoms with Gasteiger partial charge in [-0.15, -0.1) is 0 Å². The van der Waals surface area contributed by atoms with Crippen LogP contribution in [0, 0.1) is 23.7 Å². The molecule has 0 N–H and O–H groups in total. The third-order valence-corrected chi connectivity index (χ3v) is 5.14. The molecule has 2 aliphatic rings. The van der Waals surface area contributed by atoms with E-state index in [2.05, 4.69) is 20.8 Å². The summed E-state index contributed by atoms with van der Waals surface area (Å²) in [5, 5.41) is 0. The number of ketones is 1. The second-order valence-corrected chi connectivity index (χ2v) is 7.39. The highest BCUT2D eigenvalue weighted by atomic mass is 16.7. The van der Waals surface area contributed by atoms with Crippen molar-refractivity contribution in [2.24, 2.45) is 23.7 Å². The van der Waals surface area contributed by atoms with Crippen LogP contribution in [-0.4, -0.2) is 24.1 Å². The molecule has 1 heterocycles. The van der Waals surface area contributed by atoms with Gasteiger partial charge in [0.15, 0.2) is 0 Å². The van der Waals surface area contributed by atoms with Crippen LogP contribution in [0.1, 0.15) is 66.2 Å². The van der Waals surface area contributed by atoms with Crippen molar-refractivity contribution >= 4 is 11.8 Å². The van der Waals surface area contributed by atoms with Gasteiger partial charge in [0.1, 0.15) is 5.78 Å². The van der Waals surface area contributed by atoms with Crippen molar-refractivity contribution in [2.45, 2.75) is 78.6 Å². The number of hydrogen-bond acceptors (Lipinski definition) is 4. The predicted molar refractivity (Wildman–Crippen MR) is 84.1 cm³/mol. The zero-order chi connectivity index (χ0) is 16.3. The SMILES string of the molecule is CCCC(=O)[C@@H]1CC(=O)O[C@H]1O[C@@H]1C[C@H](C)CC[C@H]1C(C)C. The predicted octanol–water partition coefficient (Wildman–Crippen LogP) is 3.72. The van der Waals surface area contributed by atoms with E-state index in [9.17, 15) is 9.59 Å². The molecule has 4 heteroatoms. The fourth-order valence-electron chi connectivity index (χ4n) is 3.80. The lowest BCUT2D eigenvalue weighted by atomic mass is 9.75. The number of esters is 1. The van der Waals surface area contributed by atoms with Crippen LogP contribution in [0.5, 0.6) is 0 Å². The van der Waals surface area contributed by atoms with Crippen molar-refractivity contribution in [3.05, 3.63) is 0 Å². The van der Waals surface area contributed by atoms with Crippen molar-refractivity contribution in [3.8, 4) is 0 Å². The molecule has 0 amide bonds. The lowest BCUT2D eigenvalue weighted by molar-refractivity contribution is -0.196. The highest BCUT2D eigenvalue weighted by molar-refractivity contribution is 5.87. The van der Waals surface area contributed by atoms with Crippen molar-refractivity contribution in [1.29, 1.82) is 0 Å². The summed E-state index contributed by atoms with van der Waals surface area (Å²) in [6, 6.07) is 0. The van der Waals surface area contributed by atoms with E-state index in [1.54, 1.807) is 0 Å². The Hall–Kier alpha value is -0.900. The summed E-state index contributed by atoms with van der Waals surface area (Å²) >= 11 is 0. The highest BCUT2D eigenvalue weighted by Gasteiger charge is 2.43. The Kier molecular flexibility index (Phi) is 6.01. The molecule has 0 aromatic carbocycles. The van der Waals surface area contributed by atoms with Crippen LogP contribution in [0.25, 0.3) is 0 Å². The number of rotatable bonds is 6. The van der Waals surface area contributed by atoms with Crippen LogP contribution in [0.2, 0.25) is 0 Å². The Bertz CT molecular complexity index is 404. The quantitative estimate of drug-likeness (QED) is 0.702. The van der Waals surface area contributed by atoms with Gasteiger partial charge in [-0.3, -0.25) is 9.59 Å². The third-order valence-electron chi connectivity index (χ3n) is 5.14. The second kappa shape index (κ2) is 7.58. The van der Waals surface area contributed by atoms with E-state index in [0.717, 1.165) is 19.3 Å². The summed E-state index contributed by atoms with van der Waals surface area (Å²) in [6.07, 6.45) is 4.27. The number of cyclic esters (lactones) is 1. The van der Waals surface area contributed by atoms with Crippen molar-refractivity contribution in [1.82, 2.24) is 0 Å². The van der Waals surface area contributed by atoms with Gasteiger partial charge in [0, 0.05) is 6.42 Å². The normalized spacial score (nSPS) is 35.7. The number of hydrogen-bond donors (Lipinski definition) is 0. The number of Topliss-reactive ketones (excluding diaryl/α,β-unsaturated/α-hetero) is 1. The van der Waals surface area contributed by atoms with Crippen LogP contribution in [0.4, 0.5) is 0 Å². The topological polar surface area (TPSA) is 52.6 Å². The average molecular weight is 310 g/mol. The van der Waals surface area contributed by atoms with Gasteiger partial charge in [0.25, 0.3) is 0 Å². The monoisotopic (exact) mass is 310 g/mol. The maximum Gasteiger partial charge on any atom is 0.309 e. The first-order valence-corrected chi connectivity index (χ1v) is 8.80. The summed E-state index contributed by atoms with van der Waals surface area (Å²) in [6.45, 7) is 8.66. The van der Waals surface area contributed by atoms with Crippen molar-refractivity contribution < 1.29 is 19.1 Å². The molecule has 5 atom stereocenters. The van der Waals surface area contributed by atoms with E-state index in [0.29, 0.717) is 24.2 Å². The molecule has 0 bridgehead atoms. The van der Waals surface area contributed by atoms with Crippen LogP contribution in [-0.2, 0) is 19.1 Å². The van der Waals surface area contributed by atoms with Crippen molar-refractivity contribution in [2.75, 3.05) is 0 Å². The van der Waals surface area contributed by atoms with Gasteiger partial charge in [-0.1, -0.05) is 34.1 Å². The van der Waals surface area contributed by atoms with Gasteiger partial charge in [-0.25, -0.2) is 0 Å². The Labute approximate surface area is 133 Å². The highest BCUT2D eigenvalue weighted by Crippen LogP contribution is 2.38. The lowest BCUT2D eigenvalue weighted by Gasteiger charge is -2.38. The molecule has 0 aromatic rings. The Morgan fingerprint density at radius 1 is 1.36 bits per heavy atom. The van der Waals surface area contributed by atoms with Gasteiger partial charge in [0.2, 0.25) is 6.29 Å². The minimum absolute atomic E-state index is 0.0941. The minimum Gasteiger partial charge on any atom is -0.435 e. The van der Waals surface area contributed by atoms with Crippen LogP contribution in [0.3, 0.4) is 0 Å². The molecular formula is C18H30O4. The molecule has 0 aromatic heterocycles. The Morgan fingerprint density at radius 3 is 2.73 bits per heavy atom. The summed E-state index contributed by atoms with van der Waals surface area (Å²) in [5.41, 5.74) is 0. The van der Waals surface area contributed by atoms with Gasteiger partial charge in [-0.05, 0) is 37.0 Å². The molecule has 1 saturated heterocycles. The largest absolute Gasteiger partial charge is 0.435 e. The summed E-state index contributed by atoms with van der Waals surface area (Å²) in [7, 11) is 0. The van der Waals surface area contributed by atoms with Gasteiger partial charge >= 0.3 is 5.97 Å². The fourth-order valence-corrected chi connectivity index (χ4v) is 3.80. The van der Waals surface area contributed by atoms with Crippen molar-refractivity contribution in [3.63, 3.8) is 0 Å². The Balaban J connectivity index is 2.05. The molecule has 0 radical (unpaired) electrons. The molecule has 126 valence electrons. The van der Waals surface area contributed by atoms with E-state index in [-0.39, 0.29) is 24.3 Å². The van der Waals surface area contributed by atoms with E-state index < -0.39 is 12.2 Å². The molecule has 1 aliphatic heterocycles. The number of ether oxygens (including phenoxy) is 2. The molecule has 2 fully saturated rings. The summed E-state index contributed by atoms with van der Waals surface area (Å²) < 4.78 is 11.5. The fraction of sp³-hybridized carbons (Fsp3) is 0.889. The Morgan fingerprint density at radius 2 is 2.09 bits per heavy atom. The standard InChI is InChI=1S/C18H30O4/c1-5-6-15(19)14-10-17(20)22-18(14)21-16-9-12(4)7-8-13(16)11(2)3/h11-14,16,18H,5-10H2,1-4H3/t12-,13+,14+,16-,18-/m1/s1. The first-order valence-electron chi connectivity index (χ1n) is 8.80. The summed E-state index contributed by atoms with van der Waals surface area (Å²) in [5.74, 6) is 1.05. The first kappa shape index (κ1) is 17.5. The molecule has 2 rings (SSSR count). The molecule has 1 aliphatic carbocycles. The van der Waals surface area contributed by atoms with Gasteiger partial charge in [-0.2, -0.15) is 0 Å². The first-order chi connectivity index (χ1) is 10.4. The number of carbonyl (C=O) groups excluding carboxylic acids is 2. The third kappa shape index (κ3) is 4.09. The maximum atomic E-state index is 12.2. The van der Waals surface area contributed by atoms with Crippen LogP contribution in [0.15, 0.2) is 0 Å². The van der Waals surface area contributed by atoms with E-state index in [4.69, 9.17) is 9.47 Å². The van der Waals surface area contributed by atoms with Crippen LogP contribution < -0.4 is 0 Å². The van der Waals surface area contributed by atoms with E-state index in [1.165, 1.54) is 6.42 Å². The second-order valence-electron chi connectivity index (χ2n) is 7.39. The van der Waals surface area contributed by atoms with E-state index in [1.807, 2.05) is 6.92 Å². The number of carbonyl (C=O) groups is 2. The van der Waals surface area contributed by atoms with Crippen LogP contribution >= 0.6 is 0 Å². The maximum absolute atomic E-state index is 12.2. The smallest absolute Gasteiger partial charge is 0.309 e. The zero-order valence-corrected chi connectivity index (χ0v) is 14.3. The lowest BCUT2D eigenvalue weighted by Crippen LogP contribution is -2.39. The molecule has 0 unspecified atom stereocenters. The minimum atomic E-state index is -0.664. The molecular weight excluding hydrogens is 280 g/mol. The molecule has 0 spiro atoms. The molecule has 22 heavy (non-hydrogen) atoms. The van der Waals surface area contributed by atoms with E-state index >= 15 is 0 Å². The molecule has 4 nitrogen and oxygen atoms in total. The molecule has 1 saturated carbocycles. The zero-order valence-electron chi connectivity index (χ0n) is 14.3. The average Bonchev–Trinajstić information content (AvgIpc) is 2.79.